The van der Waals surface area contributed by atoms with E-state index < -0.39 is 6.43 Å². The first-order chi connectivity index (χ1) is 9.11. The smallest absolute Gasteiger partial charge is 0.263 e. The molecule has 0 amide bonds. The van der Waals surface area contributed by atoms with E-state index in [0.717, 1.165) is 0 Å². The molecule has 9 heteroatoms. The Morgan fingerprint density at radius 1 is 1.42 bits per heavy atom. The number of nitrogens with two attached hydrogens (primary N) is 1. The Kier molecular flexibility index (Phi) is 3.66. The van der Waals surface area contributed by atoms with Crippen LogP contribution in [0.2, 0.25) is 0 Å². The number of amidine groups is 1. The molecule has 7 nitrogen and oxygen atoms in total. The third-order valence-electron chi connectivity index (χ3n) is 2.21. The topological polar surface area (TPSA) is 110 Å². The van der Waals surface area contributed by atoms with Crippen LogP contribution in [0.1, 0.15) is 17.7 Å². The third-order valence-corrected chi connectivity index (χ3v) is 2.21. The Balaban J connectivity index is 2.38. The van der Waals surface area contributed by atoms with Gasteiger partial charge in [0, 0.05) is 5.56 Å². The van der Waals surface area contributed by atoms with Gasteiger partial charge in [0.2, 0.25) is 0 Å². The SMILES string of the molecule is Nc1nonc1C(=Nc1cccc(C(F)F)c1)NO. The second kappa shape index (κ2) is 5.40. The van der Waals surface area contributed by atoms with E-state index in [-0.39, 0.29) is 28.6 Å². The average Bonchev–Trinajstić information content (AvgIpc) is 2.82. The molecule has 0 radical (unpaired) electrons. The standard InChI is InChI=1S/C10H9F2N5O2/c11-8(12)5-2-1-3-6(4-5)14-10(15-18)7-9(13)17-19-16-7/h1-4,8,18H,(H2,13,17)(H,14,15). The van der Waals surface area contributed by atoms with Gasteiger partial charge in [-0.25, -0.2) is 18.4 Å². The van der Waals surface area contributed by atoms with Crippen molar-refractivity contribution in [3.8, 4) is 0 Å². The molecule has 1 aromatic carbocycles. The minimum atomic E-state index is -2.61. The predicted molar refractivity (Wildman–Crippen MR) is 61.2 cm³/mol. The van der Waals surface area contributed by atoms with E-state index in [1.54, 1.807) is 5.48 Å². The fourth-order valence-electron chi connectivity index (χ4n) is 1.35. The first-order valence-corrected chi connectivity index (χ1v) is 5.07. The van der Waals surface area contributed by atoms with Gasteiger partial charge in [-0.3, -0.25) is 10.7 Å². The molecule has 0 atom stereocenters. The summed E-state index contributed by atoms with van der Waals surface area (Å²) in [5.41, 5.74) is 7.17. The molecule has 2 aromatic rings. The minimum absolute atomic E-state index is 0.0232. The zero-order valence-electron chi connectivity index (χ0n) is 9.42. The van der Waals surface area contributed by atoms with Crippen LogP contribution in [-0.2, 0) is 0 Å². The number of alkyl halides is 2. The quantitative estimate of drug-likeness (QED) is 0.444. The summed E-state index contributed by atoms with van der Waals surface area (Å²) in [5.74, 6) is -0.254. The molecule has 0 fully saturated rings. The summed E-state index contributed by atoms with van der Waals surface area (Å²) < 4.78 is 29.4. The molecule has 0 aliphatic rings. The second-order valence-electron chi connectivity index (χ2n) is 3.47. The number of aromatic nitrogens is 2. The van der Waals surface area contributed by atoms with E-state index in [2.05, 4.69) is 19.9 Å². The summed E-state index contributed by atoms with van der Waals surface area (Å²) in [6.45, 7) is 0. The average molecular weight is 269 g/mol. The zero-order valence-corrected chi connectivity index (χ0v) is 9.42. The largest absolute Gasteiger partial charge is 0.379 e. The highest BCUT2D eigenvalue weighted by Crippen LogP contribution is 2.23. The lowest BCUT2D eigenvalue weighted by atomic mass is 10.2. The van der Waals surface area contributed by atoms with Crippen molar-refractivity contribution in [2.24, 2.45) is 4.99 Å². The highest BCUT2D eigenvalue weighted by atomic mass is 19.3. The lowest BCUT2D eigenvalue weighted by Gasteiger charge is -2.03. The number of anilines is 1. The fraction of sp³-hybridized carbons (Fsp3) is 0.100. The molecule has 0 aliphatic carbocycles. The van der Waals surface area contributed by atoms with Gasteiger partial charge in [0.1, 0.15) is 0 Å². The summed E-state index contributed by atoms with van der Waals surface area (Å²) in [7, 11) is 0. The number of aliphatic imine (C=N–C) groups is 1. The van der Waals surface area contributed by atoms with Crippen molar-refractivity contribution in [3.05, 3.63) is 35.5 Å². The number of halogens is 2. The van der Waals surface area contributed by atoms with E-state index in [0.29, 0.717) is 0 Å². The maximum absolute atomic E-state index is 12.5. The molecule has 1 heterocycles. The third kappa shape index (κ3) is 2.83. The van der Waals surface area contributed by atoms with Crippen LogP contribution in [0.3, 0.4) is 0 Å². The highest BCUT2D eigenvalue weighted by Gasteiger charge is 2.14. The molecule has 2 rings (SSSR count). The summed E-state index contributed by atoms with van der Waals surface area (Å²) in [6.07, 6.45) is -2.61. The molecule has 0 saturated carbocycles. The number of nitrogens with zero attached hydrogens (tertiary/aromatic N) is 3. The number of nitrogens with one attached hydrogen (secondary N) is 1. The molecule has 4 N–H and O–H groups in total. The first-order valence-electron chi connectivity index (χ1n) is 5.07. The van der Waals surface area contributed by atoms with E-state index in [4.69, 9.17) is 10.9 Å². The second-order valence-corrected chi connectivity index (χ2v) is 3.47. The van der Waals surface area contributed by atoms with Crippen LogP contribution in [0.15, 0.2) is 33.9 Å². The number of benzene rings is 1. The molecule has 100 valence electrons. The maximum atomic E-state index is 12.5. The van der Waals surface area contributed by atoms with Gasteiger partial charge in [0.25, 0.3) is 6.43 Å². The van der Waals surface area contributed by atoms with E-state index >= 15 is 0 Å². The molecular weight excluding hydrogens is 260 g/mol. The van der Waals surface area contributed by atoms with Gasteiger partial charge in [-0.2, -0.15) is 0 Å². The molecule has 0 unspecified atom stereocenters. The minimum Gasteiger partial charge on any atom is -0.379 e. The van der Waals surface area contributed by atoms with E-state index in [1.807, 2.05) is 0 Å². The van der Waals surface area contributed by atoms with Gasteiger partial charge in [0.15, 0.2) is 17.3 Å². The van der Waals surface area contributed by atoms with Gasteiger partial charge in [-0.1, -0.05) is 12.1 Å². The molecular formula is C10H9F2N5O2. The summed E-state index contributed by atoms with van der Waals surface area (Å²) in [6, 6.07) is 5.33. The van der Waals surface area contributed by atoms with Crippen molar-refractivity contribution in [2.75, 3.05) is 5.73 Å². The van der Waals surface area contributed by atoms with Gasteiger partial charge < -0.3 is 5.73 Å². The zero-order chi connectivity index (χ0) is 13.8. The van der Waals surface area contributed by atoms with Crippen LogP contribution in [0.5, 0.6) is 0 Å². The van der Waals surface area contributed by atoms with Crippen molar-refractivity contribution < 1.29 is 18.6 Å². The molecule has 0 saturated heterocycles. The molecule has 0 aliphatic heterocycles. The van der Waals surface area contributed by atoms with Crippen LogP contribution in [0.25, 0.3) is 0 Å². The Labute approximate surface area is 105 Å². The van der Waals surface area contributed by atoms with E-state index in [9.17, 15) is 8.78 Å². The molecule has 19 heavy (non-hydrogen) atoms. The van der Waals surface area contributed by atoms with Crippen LogP contribution in [0, 0.1) is 0 Å². The normalized spacial score (nSPS) is 11.9. The lowest BCUT2D eigenvalue weighted by Crippen LogP contribution is -2.21. The highest BCUT2D eigenvalue weighted by molar-refractivity contribution is 6.01. The van der Waals surface area contributed by atoms with Crippen molar-refractivity contribution in [2.45, 2.75) is 6.43 Å². The summed E-state index contributed by atoms with van der Waals surface area (Å²) in [5, 5.41) is 15.7. The molecule has 0 spiro atoms. The lowest BCUT2D eigenvalue weighted by molar-refractivity contribution is 0.151. The van der Waals surface area contributed by atoms with Crippen LogP contribution in [0.4, 0.5) is 20.3 Å². The summed E-state index contributed by atoms with van der Waals surface area (Å²) in [4.78, 5) is 3.90. The Hall–Kier alpha value is -2.55. The summed E-state index contributed by atoms with van der Waals surface area (Å²) >= 11 is 0. The van der Waals surface area contributed by atoms with Crippen LogP contribution < -0.4 is 11.2 Å². The van der Waals surface area contributed by atoms with Crippen LogP contribution in [-0.4, -0.2) is 21.4 Å². The molecule has 1 aromatic heterocycles. The number of rotatable bonds is 3. The van der Waals surface area contributed by atoms with Crippen molar-refractivity contribution in [1.82, 2.24) is 15.8 Å². The number of hydrogen-bond acceptors (Lipinski definition) is 6. The fourth-order valence-corrected chi connectivity index (χ4v) is 1.35. The Bertz CT molecular complexity index is 599. The number of nitrogen functional groups attached to an aromatic ring is 1. The number of hydroxylamine groups is 1. The maximum Gasteiger partial charge on any atom is 0.263 e. The van der Waals surface area contributed by atoms with Crippen molar-refractivity contribution in [3.63, 3.8) is 0 Å². The van der Waals surface area contributed by atoms with Gasteiger partial charge in [-0.05, 0) is 22.4 Å². The Morgan fingerprint density at radius 3 is 2.79 bits per heavy atom. The number of hydrogen-bond donors (Lipinski definition) is 3. The van der Waals surface area contributed by atoms with Gasteiger partial charge in [0.05, 0.1) is 5.69 Å². The van der Waals surface area contributed by atoms with Crippen molar-refractivity contribution in [1.29, 1.82) is 0 Å². The van der Waals surface area contributed by atoms with Gasteiger partial charge in [-0.15, -0.1) is 0 Å². The van der Waals surface area contributed by atoms with Gasteiger partial charge >= 0.3 is 0 Å². The van der Waals surface area contributed by atoms with Crippen LogP contribution >= 0.6 is 0 Å². The monoisotopic (exact) mass is 269 g/mol. The Morgan fingerprint density at radius 2 is 2.21 bits per heavy atom. The molecule has 0 bridgehead atoms. The first kappa shape index (κ1) is 12.9. The van der Waals surface area contributed by atoms with Crippen molar-refractivity contribution >= 4 is 17.3 Å². The predicted octanol–water partition coefficient (Wildman–Crippen LogP) is 1.65. The van der Waals surface area contributed by atoms with E-state index in [1.165, 1.54) is 24.3 Å².